The van der Waals surface area contributed by atoms with E-state index in [9.17, 15) is 0 Å². The highest BCUT2D eigenvalue weighted by atomic mass is 14.1. The molecule has 0 spiro atoms. The Morgan fingerprint density at radius 1 is 1.00 bits per heavy atom. The molecular weight excluding hydrogens is 144 g/mol. The highest BCUT2D eigenvalue weighted by Gasteiger charge is 2.04. The summed E-state index contributed by atoms with van der Waals surface area (Å²) in [4.78, 5) is 0. The monoisotopic (exact) mass is 169 g/mol. The second-order valence-electron chi connectivity index (χ2n) is 3.77. The third-order valence-electron chi connectivity index (χ3n) is 2.66. The van der Waals surface area contributed by atoms with Crippen molar-refractivity contribution in [3.8, 4) is 0 Å². The first-order valence-corrected chi connectivity index (χ1v) is 5.64. The topological polar surface area (TPSA) is 0 Å². The van der Waals surface area contributed by atoms with Gasteiger partial charge in [-0.1, -0.05) is 72.1 Å². The first-order chi connectivity index (χ1) is 5.85. The van der Waals surface area contributed by atoms with Crippen LogP contribution in [0.15, 0.2) is 0 Å². The van der Waals surface area contributed by atoms with Crippen LogP contribution in [0.25, 0.3) is 0 Å². The lowest BCUT2D eigenvalue weighted by molar-refractivity contribution is 0.405. The Morgan fingerprint density at radius 3 is 2.17 bits per heavy atom. The van der Waals surface area contributed by atoms with Crippen molar-refractivity contribution in [2.45, 2.75) is 65.2 Å². The van der Waals surface area contributed by atoms with E-state index in [2.05, 4.69) is 20.8 Å². The van der Waals surface area contributed by atoms with Gasteiger partial charge < -0.3 is 0 Å². The highest BCUT2D eigenvalue weighted by Crippen LogP contribution is 2.19. The molecule has 0 heteroatoms. The molecule has 0 aromatic rings. The summed E-state index contributed by atoms with van der Waals surface area (Å²) in [5.41, 5.74) is 0. The molecule has 0 aliphatic heterocycles. The van der Waals surface area contributed by atoms with Crippen LogP contribution in [0.1, 0.15) is 65.2 Å². The van der Waals surface area contributed by atoms with Crippen LogP contribution < -0.4 is 0 Å². The van der Waals surface area contributed by atoms with Crippen LogP contribution in [-0.4, -0.2) is 0 Å². The summed E-state index contributed by atoms with van der Waals surface area (Å²) in [5.74, 6) is 0.997. The van der Waals surface area contributed by atoms with Crippen molar-refractivity contribution in [1.82, 2.24) is 0 Å². The van der Waals surface area contributed by atoms with Gasteiger partial charge in [0.2, 0.25) is 0 Å². The van der Waals surface area contributed by atoms with Gasteiger partial charge in [0.05, 0.1) is 0 Å². The van der Waals surface area contributed by atoms with Gasteiger partial charge in [-0.15, -0.1) is 0 Å². The Morgan fingerprint density at radius 2 is 1.67 bits per heavy atom. The smallest absolute Gasteiger partial charge is 0.0417 e. The molecule has 0 aromatic carbocycles. The fraction of sp³-hybridized carbons (Fsp3) is 0.917. The zero-order chi connectivity index (χ0) is 9.23. The molecule has 0 fully saturated rings. The molecule has 0 aliphatic rings. The average Bonchev–Trinajstić information content (AvgIpc) is 2.11. The maximum absolute atomic E-state index is 3.87. The van der Waals surface area contributed by atoms with Crippen LogP contribution in [0, 0.1) is 12.8 Å². The Labute approximate surface area is 78.8 Å². The molecule has 0 amide bonds. The number of rotatable bonds is 8. The van der Waals surface area contributed by atoms with E-state index in [-0.39, 0.29) is 0 Å². The van der Waals surface area contributed by atoms with E-state index in [0.29, 0.717) is 0 Å². The second kappa shape index (κ2) is 9.09. The van der Waals surface area contributed by atoms with Crippen molar-refractivity contribution in [3.05, 3.63) is 6.92 Å². The van der Waals surface area contributed by atoms with Crippen LogP contribution in [0.3, 0.4) is 0 Å². The molecule has 0 saturated heterocycles. The summed E-state index contributed by atoms with van der Waals surface area (Å²) in [6, 6.07) is 0. The van der Waals surface area contributed by atoms with Gasteiger partial charge in [0, 0.05) is 0 Å². The number of hydrogen-bond acceptors (Lipinski definition) is 0. The molecule has 0 rings (SSSR count). The lowest BCUT2D eigenvalue weighted by atomic mass is 9.93. The van der Waals surface area contributed by atoms with Crippen molar-refractivity contribution < 1.29 is 0 Å². The predicted octanol–water partition coefficient (Wildman–Crippen LogP) is 4.60. The van der Waals surface area contributed by atoms with Crippen LogP contribution in [-0.2, 0) is 0 Å². The van der Waals surface area contributed by atoms with E-state index in [4.69, 9.17) is 0 Å². The summed E-state index contributed by atoms with van der Waals surface area (Å²) in [5, 5.41) is 0. The molecule has 0 nitrogen and oxygen atoms in total. The zero-order valence-electron chi connectivity index (χ0n) is 8.94. The molecule has 0 aliphatic carbocycles. The second-order valence-corrected chi connectivity index (χ2v) is 3.77. The third kappa shape index (κ3) is 6.69. The summed E-state index contributed by atoms with van der Waals surface area (Å²) in [6.45, 7) is 8.47. The molecule has 0 heterocycles. The van der Waals surface area contributed by atoms with Gasteiger partial charge in [0.15, 0.2) is 0 Å². The van der Waals surface area contributed by atoms with Crippen molar-refractivity contribution in [2.24, 2.45) is 5.92 Å². The van der Waals surface area contributed by atoms with Crippen molar-refractivity contribution >= 4 is 0 Å². The van der Waals surface area contributed by atoms with Crippen molar-refractivity contribution in [2.75, 3.05) is 0 Å². The minimum Gasteiger partial charge on any atom is -0.0654 e. The fourth-order valence-corrected chi connectivity index (χ4v) is 1.66. The van der Waals surface area contributed by atoms with Crippen LogP contribution in [0.5, 0.6) is 0 Å². The maximum atomic E-state index is 3.87. The largest absolute Gasteiger partial charge is 0.0654 e. The van der Waals surface area contributed by atoms with E-state index in [1.165, 1.54) is 44.9 Å². The Hall–Kier alpha value is 0. The fourth-order valence-electron chi connectivity index (χ4n) is 1.66. The first-order valence-electron chi connectivity index (χ1n) is 5.64. The van der Waals surface area contributed by atoms with Gasteiger partial charge in [-0.3, -0.25) is 0 Å². The molecule has 0 N–H and O–H groups in total. The summed E-state index contributed by atoms with van der Waals surface area (Å²) < 4.78 is 0. The van der Waals surface area contributed by atoms with E-state index in [1.807, 2.05) is 0 Å². The summed E-state index contributed by atoms with van der Waals surface area (Å²) in [6.07, 6.45) is 10.9. The van der Waals surface area contributed by atoms with Gasteiger partial charge in [-0.25, -0.2) is 0 Å². The lowest BCUT2D eigenvalue weighted by Crippen LogP contribution is -1.98. The molecule has 12 heavy (non-hydrogen) atoms. The van der Waals surface area contributed by atoms with Crippen LogP contribution in [0.4, 0.5) is 0 Å². The summed E-state index contributed by atoms with van der Waals surface area (Å²) >= 11 is 0. The molecule has 1 atom stereocenters. The molecule has 1 radical (unpaired) electrons. The lowest BCUT2D eigenvalue weighted by Gasteiger charge is -2.13. The molecule has 73 valence electrons. The van der Waals surface area contributed by atoms with Gasteiger partial charge in [-0.05, 0) is 5.92 Å². The standard InChI is InChI=1S/C12H25/c1-4-7-9-11-12(6-3)10-8-5-2/h12H,1,4-11H2,2-3H3. The van der Waals surface area contributed by atoms with E-state index in [1.54, 1.807) is 0 Å². The van der Waals surface area contributed by atoms with E-state index >= 15 is 0 Å². The van der Waals surface area contributed by atoms with Gasteiger partial charge >= 0.3 is 0 Å². The summed E-state index contributed by atoms with van der Waals surface area (Å²) in [7, 11) is 0. The van der Waals surface area contributed by atoms with Crippen molar-refractivity contribution in [1.29, 1.82) is 0 Å². The number of hydrogen-bond donors (Lipinski definition) is 0. The van der Waals surface area contributed by atoms with Gasteiger partial charge in [0.1, 0.15) is 0 Å². The van der Waals surface area contributed by atoms with Crippen molar-refractivity contribution in [3.63, 3.8) is 0 Å². The number of unbranched alkanes of at least 4 members (excludes halogenated alkanes) is 3. The van der Waals surface area contributed by atoms with Crippen LogP contribution >= 0.6 is 0 Å². The van der Waals surface area contributed by atoms with Gasteiger partial charge in [-0.2, -0.15) is 0 Å². The molecular formula is C12H25. The molecule has 0 saturated carbocycles. The zero-order valence-corrected chi connectivity index (χ0v) is 8.94. The Bertz CT molecular complexity index is 76.1. The normalized spacial score (nSPS) is 13.2. The minimum absolute atomic E-state index is 0.997. The van der Waals surface area contributed by atoms with Crippen LogP contribution in [0.2, 0.25) is 0 Å². The minimum atomic E-state index is 0.997. The van der Waals surface area contributed by atoms with E-state index in [0.717, 1.165) is 12.3 Å². The molecule has 1 unspecified atom stereocenters. The molecule has 0 bridgehead atoms. The third-order valence-corrected chi connectivity index (χ3v) is 2.66. The van der Waals surface area contributed by atoms with Gasteiger partial charge in [0.25, 0.3) is 0 Å². The highest BCUT2D eigenvalue weighted by molar-refractivity contribution is 4.58. The average molecular weight is 169 g/mol. The SMILES string of the molecule is [CH2]CCCCC(CC)CCCC. The van der Waals surface area contributed by atoms with E-state index < -0.39 is 0 Å². The molecule has 0 aromatic heterocycles. The quantitative estimate of drug-likeness (QED) is 0.466. The Balaban J connectivity index is 3.26. The first kappa shape index (κ1) is 12.0. The predicted molar refractivity (Wildman–Crippen MR) is 57.1 cm³/mol. The Kier molecular flexibility index (Phi) is 9.09. The maximum Gasteiger partial charge on any atom is -0.0417 e.